The second kappa shape index (κ2) is 6.92. The zero-order valence-corrected chi connectivity index (χ0v) is 15.6. The molecule has 0 N–H and O–H groups in total. The maximum Gasteiger partial charge on any atom is 0.225 e. The Morgan fingerprint density at radius 3 is 2.79 bits per heavy atom. The Kier molecular flexibility index (Phi) is 4.12. The molecule has 0 bridgehead atoms. The largest absolute Gasteiger partial charge is 0.497 e. The third-order valence-electron chi connectivity index (χ3n) is 5.22. The molecular weight excluding hydrogens is 352 g/mol. The van der Waals surface area contributed by atoms with Gasteiger partial charge in [0, 0.05) is 30.7 Å². The predicted molar refractivity (Wildman–Crippen MR) is 106 cm³/mol. The third-order valence-corrected chi connectivity index (χ3v) is 5.22. The van der Waals surface area contributed by atoms with E-state index < -0.39 is 0 Å². The lowest BCUT2D eigenvalue weighted by Gasteiger charge is -2.22. The summed E-state index contributed by atoms with van der Waals surface area (Å²) >= 11 is 0. The number of ether oxygens (including phenoxy) is 1. The van der Waals surface area contributed by atoms with Crippen LogP contribution < -0.4 is 9.64 Å². The molecule has 7 heteroatoms. The summed E-state index contributed by atoms with van der Waals surface area (Å²) in [4.78, 5) is 11.1. The summed E-state index contributed by atoms with van der Waals surface area (Å²) in [5.41, 5.74) is 4.14. The maximum atomic E-state index is 5.34. The van der Waals surface area contributed by atoms with E-state index >= 15 is 0 Å². The SMILES string of the molecule is COc1cccc(-c2ccc3c([C@@H]4CCCN4c4ncccn4)nnn3c2)c1. The first-order chi connectivity index (χ1) is 13.8. The molecule has 0 aliphatic carbocycles. The Labute approximate surface area is 162 Å². The Morgan fingerprint density at radius 1 is 1.04 bits per heavy atom. The molecule has 0 saturated carbocycles. The zero-order valence-electron chi connectivity index (χ0n) is 15.6. The molecule has 0 radical (unpaired) electrons. The average molecular weight is 372 g/mol. The topological polar surface area (TPSA) is 68.4 Å². The van der Waals surface area contributed by atoms with Gasteiger partial charge in [-0.1, -0.05) is 23.4 Å². The van der Waals surface area contributed by atoms with Crippen LogP contribution in [0.15, 0.2) is 61.1 Å². The van der Waals surface area contributed by atoms with Crippen LogP contribution in [0.5, 0.6) is 5.75 Å². The summed E-state index contributed by atoms with van der Waals surface area (Å²) in [7, 11) is 1.68. The van der Waals surface area contributed by atoms with Crippen molar-refractivity contribution in [3.63, 3.8) is 0 Å². The van der Waals surface area contributed by atoms with Crippen LogP contribution in [-0.2, 0) is 0 Å². The summed E-state index contributed by atoms with van der Waals surface area (Å²) in [5.74, 6) is 1.58. The Hall–Kier alpha value is -3.48. The van der Waals surface area contributed by atoms with Crippen molar-refractivity contribution < 1.29 is 4.74 Å². The van der Waals surface area contributed by atoms with E-state index in [0.717, 1.165) is 53.4 Å². The number of anilines is 1. The minimum Gasteiger partial charge on any atom is -0.497 e. The summed E-state index contributed by atoms with van der Waals surface area (Å²) in [6, 6.07) is 14.2. The van der Waals surface area contributed by atoms with Crippen LogP contribution in [-0.4, -0.2) is 38.4 Å². The number of benzene rings is 1. The van der Waals surface area contributed by atoms with Crippen LogP contribution in [0.1, 0.15) is 24.6 Å². The van der Waals surface area contributed by atoms with E-state index in [1.165, 1.54) is 0 Å². The molecule has 1 fully saturated rings. The van der Waals surface area contributed by atoms with Gasteiger partial charge >= 0.3 is 0 Å². The van der Waals surface area contributed by atoms with Crippen molar-refractivity contribution in [2.45, 2.75) is 18.9 Å². The number of pyridine rings is 1. The van der Waals surface area contributed by atoms with Crippen molar-refractivity contribution in [2.75, 3.05) is 18.6 Å². The van der Waals surface area contributed by atoms with Gasteiger partial charge in [0.2, 0.25) is 5.95 Å². The Bertz CT molecular complexity index is 1110. The molecule has 1 aromatic carbocycles. The van der Waals surface area contributed by atoms with Crippen LogP contribution in [0, 0.1) is 0 Å². The number of nitrogens with zero attached hydrogens (tertiary/aromatic N) is 6. The van der Waals surface area contributed by atoms with Crippen molar-refractivity contribution in [1.82, 2.24) is 24.8 Å². The second-order valence-electron chi connectivity index (χ2n) is 6.85. The summed E-state index contributed by atoms with van der Waals surface area (Å²) in [6.45, 7) is 0.926. The lowest BCUT2D eigenvalue weighted by Crippen LogP contribution is -2.24. The van der Waals surface area contributed by atoms with Crippen LogP contribution in [0.4, 0.5) is 5.95 Å². The number of aromatic nitrogens is 5. The van der Waals surface area contributed by atoms with Gasteiger partial charge in [-0.25, -0.2) is 14.5 Å². The van der Waals surface area contributed by atoms with Gasteiger partial charge in [-0.2, -0.15) is 0 Å². The highest BCUT2D eigenvalue weighted by Crippen LogP contribution is 2.35. The molecule has 7 nitrogen and oxygen atoms in total. The van der Waals surface area contributed by atoms with Gasteiger partial charge in [0.25, 0.3) is 0 Å². The van der Waals surface area contributed by atoms with Crippen molar-refractivity contribution in [3.05, 3.63) is 66.7 Å². The number of rotatable bonds is 4. The fourth-order valence-corrected chi connectivity index (χ4v) is 3.85. The standard InChI is InChI=1S/C21H20N6O/c1-28-17-6-2-5-15(13-17)16-8-9-19-20(24-25-27(19)14-16)18-7-3-12-26(18)21-22-10-4-11-23-21/h2,4-6,8-11,13-14,18H,3,7,12H2,1H3/t18-/m0/s1. The molecule has 4 aromatic rings. The van der Waals surface area contributed by atoms with Gasteiger partial charge in [-0.15, -0.1) is 5.10 Å². The van der Waals surface area contributed by atoms with Crippen LogP contribution in [0.3, 0.4) is 0 Å². The molecule has 0 spiro atoms. The molecule has 3 aromatic heterocycles. The predicted octanol–water partition coefficient (Wildman–Crippen LogP) is 3.54. The highest BCUT2D eigenvalue weighted by Gasteiger charge is 2.31. The Balaban J connectivity index is 1.51. The van der Waals surface area contributed by atoms with E-state index in [2.05, 4.69) is 43.4 Å². The first-order valence-electron chi connectivity index (χ1n) is 9.36. The average Bonchev–Trinajstić information content (AvgIpc) is 3.40. The molecule has 140 valence electrons. The third kappa shape index (κ3) is 2.85. The molecule has 1 aliphatic rings. The first kappa shape index (κ1) is 16.7. The number of hydrogen-bond donors (Lipinski definition) is 0. The molecule has 0 amide bonds. The van der Waals surface area contributed by atoms with E-state index in [-0.39, 0.29) is 6.04 Å². The van der Waals surface area contributed by atoms with Gasteiger partial charge in [0.1, 0.15) is 11.4 Å². The second-order valence-corrected chi connectivity index (χ2v) is 6.85. The zero-order chi connectivity index (χ0) is 18.9. The van der Waals surface area contributed by atoms with Crippen LogP contribution in [0.2, 0.25) is 0 Å². The highest BCUT2D eigenvalue weighted by atomic mass is 16.5. The van der Waals surface area contributed by atoms with Gasteiger partial charge < -0.3 is 9.64 Å². The lowest BCUT2D eigenvalue weighted by molar-refractivity contribution is 0.415. The monoisotopic (exact) mass is 372 g/mol. The van der Waals surface area contributed by atoms with Crippen molar-refractivity contribution in [2.24, 2.45) is 0 Å². The van der Waals surface area contributed by atoms with Crippen molar-refractivity contribution in [1.29, 1.82) is 0 Å². The minimum atomic E-state index is 0.141. The van der Waals surface area contributed by atoms with E-state index in [1.807, 2.05) is 35.0 Å². The van der Waals surface area contributed by atoms with Crippen molar-refractivity contribution >= 4 is 11.5 Å². The fourth-order valence-electron chi connectivity index (χ4n) is 3.85. The normalized spacial score (nSPS) is 16.6. The molecule has 4 heterocycles. The van der Waals surface area contributed by atoms with Gasteiger partial charge in [0.05, 0.1) is 18.7 Å². The molecule has 1 aliphatic heterocycles. The van der Waals surface area contributed by atoms with E-state index in [0.29, 0.717) is 0 Å². The number of methoxy groups -OCH3 is 1. The maximum absolute atomic E-state index is 5.34. The highest BCUT2D eigenvalue weighted by molar-refractivity contribution is 5.68. The molecular formula is C21H20N6O. The minimum absolute atomic E-state index is 0.141. The first-order valence-corrected chi connectivity index (χ1v) is 9.36. The summed E-state index contributed by atoms with van der Waals surface area (Å²) in [5, 5.41) is 8.90. The molecule has 28 heavy (non-hydrogen) atoms. The summed E-state index contributed by atoms with van der Waals surface area (Å²) < 4.78 is 7.19. The van der Waals surface area contributed by atoms with Crippen molar-refractivity contribution in [3.8, 4) is 16.9 Å². The van der Waals surface area contributed by atoms with Crippen LogP contribution in [0.25, 0.3) is 16.6 Å². The van der Waals surface area contributed by atoms with Gasteiger partial charge in [-0.3, -0.25) is 0 Å². The van der Waals surface area contributed by atoms with Gasteiger partial charge in [-0.05, 0) is 42.7 Å². The number of hydrogen-bond acceptors (Lipinski definition) is 6. The lowest BCUT2D eigenvalue weighted by atomic mass is 10.1. The smallest absolute Gasteiger partial charge is 0.225 e. The van der Waals surface area contributed by atoms with E-state index in [9.17, 15) is 0 Å². The Morgan fingerprint density at radius 2 is 1.93 bits per heavy atom. The van der Waals surface area contributed by atoms with Gasteiger partial charge in [0.15, 0.2) is 0 Å². The number of fused-ring (bicyclic) bond motifs is 1. The molecule has 0 unspecified atom stereocenters. The quantitative estimate of drug-likeness (QED) is 0.546. The molecule has 5 rings (SSSR count). The summed E-state index contributed by atoms with van der Waals surface area (Å²) in [6.07, 6.45) is 7.68. The van der Waals surface area contributed by atoms with E-state index in [4.69, 9.17) is 4.74 Å². The fraction of sp³-hybridized carbons (Fsp3) is 0.238. The molecule has 1 atom stereocenters. The van der Waals surface area contributed by atoms with E-state index in [1.54, 1.807) is 19.5 Å². The van der Waals surface area contributed by atoms with Crippen LogP contribution >= 0.6 is 0 Å². The molecule has 1 saturated heterocycles.